The number of rotatable bonds is 5. The Hall–Kier alpha value is 0.140. The van der Waals surface area contributed by atoms with E-state index in [2.05, 4.69) is 42.4 Å². The topological polar surface area (TPSA) is 9.23 Å². The minimum atomic E-state index is 0.447. The van der Waals surface area contributed by atoms with Crippen molar-refractivity contribution in [3.05, 3.63) is 27.7 Å². The summed E-state index contributed by atoms with van der Waals surface area (Å²) in [7, 11) is 0. The van der Waals surface area contributed by atoms with Crippen LogP contribution in [0.25, 0.3) is 0 Å². The molecule has 0 heterocycles. The summed E-state index contributed by atoms with van der Waals surface area (Å²) < 4.78 is 6.66. The summed E-state index contributed by atoms with van der Waals surface area (Å²) in [6, 6.07) is 5.64. The maximum absolute atomic E-state index is 6.06. The Labute approximate surface area is 116 Å². The fourth-order valence-corrected chi connectivity index (χ4v) is 2.50. The molecule has 1 nitrogen and oxygen atoms in total. The molecule has 4 heteroatoms. The van der Waals surface area contributed by atoms with Crippen molar-refractivity contribution in [1.82, 2.24) is 0 Å². The molecular weight excluding hydrogens is 308 g/mol. The minimum Gasteiger partial charge on any atom is -0.492 e. The normalized spacial score (nSPS) is 12.9. The van der Waals surface area contributed by atoms with Crippen molar-refractivity contribution in [3.8, 4) is 5.75 Å². The number of benzene rings is 1. The monoisotopic (exact) mass is 322 g/mol. The van der Waals surface area contributed by atoms with E-state index in [0.29, 0.717) is 23.5 Å². The second-order valence-corrected chi connectivity index (χ2v) is 5.76. The van der Waals surface area contributed by atoms with Crippen molar-refractivity contribution in [2.24, 2.45) is 11.8 Å². The largest absolute Gasteiger partial charge is 0.492 e. The second kappa shape index (κ2) is 6.77. The summed E-state index contributed by atoms with van der Waals surface area (Å²) in [6.45, 7) is 5.00. The molecule has 1 aromatic carbocycles. The second-order valence-electron chi connectivity index (χ2n) is 4.07. The molecule has 1 unspecified atom stereocenters. The molecule has 0 amide bonds. The molecule has 1 atom stereocenters. The van der Waals surface area contributed by atoms with Gasteiger partial charge in [0, 0.05) is 10.4 Å². The van der Waals surface area contributed by atoms with Crippen molar-refractivity contribution in [2.45, 2.75) is 13.8 Å². The third-order valence-corrected chi connectivity index (χ3v) is 3.78. The van der Waals surface area contributed by atoms with Gasteiger partial charge in [0.1, 0.15) is 5.75 Å². The van der Waals surface area contributed by atoms with Gasteiger partial charge in [-0.3, -0.25) is 0 Å². The van der Waals surface area contributed by atoms with Crippen LogP contribution < -0.4 is 4.74 Å². The van der Waals surface area contributed by atoms with Crippen LogP contribution in [0.2, 0.25) is 5.02 Å². The molecule has 90 valence electrons. The molecule has 0 saturated carbocycles. The van der Waals surface area contributed by atoms with Crippen LogP contribution in [-0.4, -0.2) is 12.4 Å². The van der Waals surface area contributed by atoms with Crippen LogP contribution in [0.5, 0.6) is 5.75 Å². The molecule has 0 fully saturated rings. The number of thiol groups is 1. The Balaban J connectivity index is 2.60. The lowest BCUT2D eigenvalue weighted by atomic mass is 9.99. The molecule has 0 bridgehead atoms. The molecular formula is C12H16BrClOS. The highest BCUT2D eigenvalue weighted by atomic mass is 79.9. The van der Waals surface area contributed by atoms with E-state index in [1.165, 1.54) is 0 Å². The van der Waals surface area contributed by atoms with Crippen LogP contribution in [0.3, 0.4) is 0 Å². The number of hydrogen-bond acceptors (Lipinski definition) is 2. The maximum Gasteiger partial charge on any atom is 0.137 e. The summed E-state index contributed by atoms with van der Waals surface area (Å²) in [5.41, 5.74) is 0. The first-order chi connectivity index (χ1) is 7.54. The van der Waals surface area contributed by atoms with Crippen LogP contribution >= 0.6 is 40.2 Å². The zero-order chi connectivity index (χ0) is 12.1. The zero-order valence-electron chi connectivity index (χ0n) is 9.41. The van der Waals surface area contributed by atoms with Gasteiger partial charge in [-0.25, -0.2) is 0 Å². The van der Waals surface area contributed by atoms with E-state index in [1.807, 2.05) is 18.2 Å². The molecule has 16 heavy (non-hydrogen) atoms. The Morgan fingerprint density at radius 2 is 2.12 bits per heavy atom. The summed E-state index contributed by atoms with van der Waals surface area (Å²) in [5, 5.41) is 0.635. The first kappa shape index (κ1) is 14.2. The number of halogens is 2. The average Bonchev–Trinajstić information content (AvgIpc) is 2.21. The quantitative estimate of drug-likeness (QED) is 0.774. The van der Waals surface area contributed by atoms with Gasteiger partial charge in [-0.15, -0.1) is 0 Å². The van der Waals surface area contributed by atoms with Gasteiger partial charge in [-0.1, -0.05) is 41.4 Å². The van der Waals surface area contributed by atoms with E-state index in [-0.39, 0.29) is 0 Å². The first-order valence-electron chi connectivity index (χ1n) is 5.23. The van der Waals surface area contributed by atoms with E-state index >= 15 is 0 Å². The van der Waals surface area contributed by atoms with Gasteiger partial charge >= 0.3 is 0 Å². The Morgan fingerprint density at radius 1 is 1.44 bits per heavy atom. The summed E-state index contributed by atoms with van der Waals surface area (Å²) in [5.74, 6) is 2.57. The van der Waals surface area contributed by atoms with E-state index in [0.717, 1.165) is 16.0 Å². The summed E-state index contributed by atoms with van der Waals surface area (Å²) >= 11 is 13.7. The molecule has 1 rings (SSSR count). The van der Waals surface area contributed by atoms with Crippen LogP contribution in [0.4, 0.5) is 0 Å². The van der Waals surface area contributed by atoms with Gasteiger partial charge in [0.05, 0.1) is 11.6 Å². The maximum atomic E-state index is 6.06. The first-order valence-corrected chi connectivity index (χ1v) is 7.03. The van der Waals surface area contributed by atoms with Crippen molar-refractivity contribution in [3.63, 3.8) is 0 Å². The minimum absolute atomic E-state index is 0.447. The standard InChI is InChI=1S/C12H16BrClOS/c1-8(2)9(7-16)6-15-12-4-3-10(13)5-11(12)14/h3-5,8-9,16H,6-7H2,1-2H3. The highest BCUT2D eigenvalue weighted by molar-refractivity contribution is 9.10. The van der Waals surface area contributed by atoms with Crippen molar-refractivity contribution < 1.29 is 4.74 Å². The lowest BCUT2D eigenvalue weighted by Gasteiger charge is -2.19. The van der Waals surface area contributed by atoms with Crippen LogP contribution in [0.1, 0.15) is 13.8 Å². The van der Waals surface area contributed by atoms with Crippen LogP contribution in [0, 0.1) is 11.8 Å². The van der Waals surface area contributed by atoms with Gasteiger partial charge in [0.15, 0.2) is 0 Å². The van der Waals surface area contributed by atoms with Gasteiger partial charge in [0.25, 0.3) is 0 Å². The number of ether oxygens (including phenoxy) is 1. The Morgan fingerprint density at radius 3 is 2.62 bits per heavy atom. The summed E-state index contributed by atoms with van der Waals surface area (Å²) in [4.78, 5) is 0. The molecule has 0 radical (unpaired) electrons. The molecule has 0 spiro atoms. The summed E-state index contributed by atoms with van der Waals surface area (Å²) in [6.07, 6.45) is 0. The zero-order valence-corrected chi connectivity index (χ0v) is 12.6. The van der Waals surface area contributed by atoms with Gasteiger partial charge in [-0.2, -0.15) is 12.6 Å². The van der Waals surface area contributed by atoms with E-state index < -0.39 is 0 Å². The molecule has 0 aliphatic rings. The molecule has 1 aromatic rings. The Bertz CT molecular complexity index is 344. The lowest BCUT2D eigenvalue weighted by molar-refractivity contribution is 0.227. The fraction of sp³-hybridized carbons (Fsp3) is 0.500. The SMILES string of the molecule is CC(C)C(CS)COc1ccc(Br)cc1Cl. The van der Waals surface area contributed by atoms with E-state index in [4.69, 9.17) is 16.3 Å². The third-order valence-electron chi connectivity index (χ3n) is 2.52. The van der Waals surface area contributed by atoms with E-state index in [9.17, 15) is 0 Å². The smallest absolute Gasteiger partial charge is 0.137 e. The van der Waals surface area contributed by atoms with Crippen LogP contribution in [-0.2, 0) is 0 Å². The predicted octanol–water partition coefficient (Wildman–Crippen LogP) is 4.68. The number of hydrogen-bond donors (Lipinski definition) is 1. The van der Waals surface area contributed by atoms with Gasteiger partial charge in [-0.05, 0) is 29.9 Å². The molecule has 0 aliphatic carbocycles. The molecule has 0 saturated heterocycles. The van der Waals surface area contributed by atoms with Gasteiger partial charge < -0.3 is 4.74 Å². The fourth-order valence-electron chi connectivity index (χ4n) is 1.25. The van der Waals surface area contributed by atoms with Crippen molar-refractivity contribution in [2.75, 3.05) is 12.4 Å². The Kier molecular flexibility index (Phi) is 6.01. The molecule has 0 aromatic heterocycles. The van der Waals surface area contributed by atoms with Crippen molar-refractivity contribution in [1.29, 1.82) is 0 Å². The lowest BCUT2D eigenvalue weighted by Crippen LogP contribution is -2.19. The molecule has 0 aliphatic heterocycles. The van der Waals surface area contributed by atoms with Crippen LogP contribution in [0.15, 0.2) is 22.7 Å². The predicted molar refractivity (Wildman–Crippen MR) is 76.8 cm³/mol. The highest BCUT2D eigenvalue weighted by Crippen LogP contribution is 2.28. The third kappa shape index (κ3) is 4.19. The van der Waals surface area contributed by atoms with E-state index in [1.54, 1.807) is 0 Å². The van der Waals surface area contributed by atoms with Crippen molar-refractivity contribution >= 4 is 40.2 Å². The molecule has 0 N–H and O–H groups in total. The highest BCUT2D eigenvalue weighted by Gasteiger charge is 2.13. The van der Waals surface area contributed by atoms with Gasteiger partial charge in [0.2, 0.25) is 0 Å². The average molecular weight is 324 g/mol.